The fraction of sp³-hybridized carbons (Fsp3) is 0.360. The molecule has 1 fully saturated rings. The molecule has 0 spiro atoms. The molecule has 1 aliphatic heterocycles. The number of piperidine rings is 1. The van der Waals surface area contributed by atoms with Gasteiger partial charge in [0.25, 0.3) is 0 Å². The number of amidine groups is 1. The smallest absolute Gasteiger partial charge is 0.323 e. The Morgan fingerprint density at radius 3 is 2.55 bits per heavy atom. The van der Waals surface area contributed by atoms with Crippen molar-refractivity contribution in [1.29, 1.82) is 5.41 Å². The number of nitrogens with zero attached hydrogens (tertiary/aromatic N) is 1. The molecule has 13 heteroatoms. The first-order valence-electron chi connectivity index (χ1n) is 11.6. The fourth-order valence-corrected chi connectivity index (χ4v) is 5.02. The first-order chi connectivity index (χ1) is 17.2. The third-order valence-corrected chi connectivity index (χ3v) is 7.14. The Hall–Kier alpha value is -2.86. The topological polar surface area (TPSA) is 135 Å². The van der Waals surface area contributed by atoms with Crippen molar-refractivity contribution in [3.8, 4) is 5.75 Å². The van der Waals surface area contributed by atoms with E-state index in [0.29, 0.717) is 11.1 Å². The fourth-order valence-electron chi connectivity index (χ4n) is 3.74. The van der Waals surface area contributed by atoms with Gasteiger partial charge in [0.2, 0.25) is 10.0 Å². The number of carbonyl (C=O) groups is 1. The zero-order valence-corrected chi connectivity index (χ0v) is 23.3. The summed E-state index contributed by atoms with van der Waals surface area (Å²) in [6, 6.07) is 10.8. The summed E-state index contributed by atoms with van der Waals surface area (Å²) in [7, 11) is -4.19. The van der Waals surface area contributed by atoms with Crippen LogP contribution in [-0.4, -0.2) is 58.3 Å². The number of rotatable bonds is 11. The Kier molecular flexibility index (Phi) is 13.6. The van der Waals surface area contributed by atoms with Crippen molar-refractivity contribution >= 4 is 58.4 Å². The van der Waals surface area contributed by atoms with Gasteiger partial charge in [-0.05, 0) is 56.6 Å². The van der Waals surface area contributed by atoms with Crippen LogP contribution in [0.25, 0.3) is 6.08 Å². The van der Waals surface area contributed by atoms with Crippen LogP contribution in [0.5, 0.6) is 5.75 Å². The molecule has 2 aromatic rings. The zero-order chi connectivity index (χ0) is 26.1. The van der Waals surface area contributed by atoms with Gasteiger partial charge in [-0.1, -0.05) is 30.4 Å². The molecule has 210 valence electrons. The van der Waals surface area contributed by atoms with E-state index in [1.165, 1.54) is 12.1 Å². The van der Waals surface area contributed by atoms with E-state index in [1.54, 1.807) is 43.3 Å². The van der Waals surface area contributed by atoms with Crippen molar-refractivity contribution < 1.29 is 27.1 Å². The third-order valence-electron chi connectivity index (χ3n) is 5.50. The molecule has 38 heavy (non-hydrogen) atoms. The maximum Gasteiger partial charge on any atom is 0.323 e. The van der Waals surface area contributed by atoms with E-state index in [-0.39, 0.29) is 61.3 Å². The summed E-state index contributed by atoms with van der Waals surface area (Å²) in [4.78, 5) is 12.0. The molecule has 0 atom stereocenters. The number of hydrogen-bond acceptors (Lipinski definition) is 7. The van der Waals surface area contributed by atoms with Crippen LogP contribution in [0.15, 0.2) is 48.5 Å². The van der Waals surface area contributed by atoms with Crippen LogP contribution in [0.1, 0.15) is 30.9 Å². The van der Waals surface area contributed by atoms with Crippen LogP contribution < -0.4 is 20.1 Å². The zero-order valence-electron chi connectivity index (χ0n) is 20.9. The quantitative estimate of drug-likeness (QED) is 0.207. The lowest BCUT2D eigenvalue weighted by Crippen LogP contribution is -2.36. The molecule has 1 saturated heterocycles. The lowest BCUT2D eigenvalue weighted by atomic mass is 10.1. The van der Waals surface area contributed by atoms with E-state index in [9.17, 15) is 17.6 Å². The Balaban J connectivity index is 0.00000361. The number of halogens is 3. The van der Waals surface area contributed by atoms with Gasteiger partial charge in [-0.3, -0.25) is 14.5 Å². The van der Waals surface area contributed by atoms with Crippen molar-refractivity contribution in [2.75, 3.05) is 36.3 Å². The molecule has 0 aromatic heterocycles. The normalized spacial score (nSPS) is 13.7. The van der Waals surface area contributed by atoms with Crippen LogP contribution in [-0.2, 0) is 19.6 Å². The van der Waals surface area contributed by atoms with Crippen LogP contribution in [0, 0.1) is 11.2 Å². The number of benzene rings is 2. The van der Waals surface area contributed by atoms with E-state index >= 15 is 0 Å². The summed E-state index contributed by atoms with van der Waals surface area (Å²) >= 11 is 0. The SMILES string of the molecule is CCOC(=O)CS(=O)(=O)N(C/C=C/c1cccc(C(=N)N)c1)c1ccc(OC2CCNCC2)c(F)c1.Cl.Cl. The van der Waals surface area contributed by atoms with Gasteiger partial charge in [0.1, 0.15) is 11.9 Å². The number of hydrogen-bond donors (Lipinski definition) is 3. The molecule has 0 unspecified atom stereocenters. The number of esters is 1. The minimum Gasteiger partial charge on any atom is -0.487 e. The highest BCUT2D eigenvalue weighted by atomic mass is 35.5. The molecule has 0 radical (unpaired) electrons. The van der Waals surface area contributed by atoms with Crippen LogP contribution in [0.3, 0.4) is 0 Å². The maximum atomic E-state index is 14.9. The second-order valence-electron chi connectivity index (χ2n) is 8.22. The first kappa shape index (κ1) is 33.2. The standard InChI is InChI=1S/C25H31FN4O5S.2ClH/c1-2-34-24(31)17-36(32,33)30(14-4-6-18-5-3-7-19(15-18)25(27)28)20-8-9-23(22(26)16-20)35-21-10-12-29-13-11-21;;/h3-9,15-16,21,29H,2,10-14,17H2,1H3,(H3,27,28);2*1H/b6-4+;;. The number of nitrogen functional groups attached to an aromatic ring is 1. The summed E-state index contributed by atoms with van der Waals surface area (Å²) in [5, 5.41) is 10.8. The van der Waals surface area contributed by atoms with Gasteiger partial charge in [0.05, 0.1) is 18.8 Å². The summed E-state index contributed by atoms with van der Waals surface area (Å²) in [5.41, 5.74) is 6.80. The molecular formula is C25H33Cl2FN4O5S. The predicted molar refractivity (Wildman–Crippen MR) is 152 cm³/mol. The van der Waals surface area contributed by atoms with E-state index in [4.69, 9.17) is 20.6 Å². The Bertz CT molecular complexity index is 1220. The number of nitrogens with two attached hydrogens (primary N) is 1. The average Bonchev–Trinajstić information content (AvgIpc) is 2.83. The average molecular weight is 592 g/mol. The van der Waals surface area contributed by atoms with Gasteiger partial charge in [-0.2, -0.15) is 0 Å². The van der Waals surface area contributed by atoms with Gasteiger partial charge in [-0.15, -0.1) is 24.8 Å². The number of carbonyl (C=O) groups excluding carboxylic acids is 1. The van der Waals surface area contributed by atoms with Gasteiger partial charge < -0.3 is 20.5 Å². The molecule has 2 aromatic carbocycles. The van der Waals surface area contributed by atoms with Gasteiger partial charge in [0, 0.05) is 11.6 Å². The van der Waals surface area contributed by atoms with Crippen molar-refractivity contribution in [1.82, 2.24) is 5.32 Å². The second-order valence-corrected chi connectivity index (χ2v) is 10.1. The van der Waals surface area contributed by atoms with E-state index in [0.717, 1.165) is 36.3 Å². The van der Waals surface area contributed by atoms with Gasteiger partial charge >= 0.3 is 5.97 Å². The van der Waals surface area contributed by atoms with Crippen molar-refractivity contribution in [2.45, 2.75) is 25.9 Å². The minimum atomic E-state index is -4.19. The Labute approximate surface area is 234 Å². The number of nitrogens with one attached hydrogen (secondary N) is 2. The predicted octanol–water partition coefficient (Wildman–Crippen LogP) is 3.50. The molecule has 1 heterocycles. The third kappa shape index (κ3) is 9.46. The van der Waals surface area contributed by atoms with Crippen molar-refractivity contribution in [2.24, 2.45) is 5.73 Å². The van der Waals surface area contributed by atoms with Crippen molar-refractivity contribution in [3.63, 3.8) is 0 Å². The highest BCUT2D eigenvalue weighted by molar-refractivity contribution is 7.93. The van der Waals surface area contributed by atoms with E-state index in [2.05, 4.69) is 5.32 Å². The summed E-state index contributed by atoms with van der Waals surface area (Å²) in [6.07, 6.45) is 4.60. The molecule has 9 nitrogen and oxygen atoms in total. The van der Waals surface area contributed by atoms with E-state index < -0.39 is 27.6 Å². The maximum absolute atomic E-state index is 14.9. The highest BCUT2D eigenvalue weighted by Gasteiger charge is 2.27. The lowest BCUT2D eigenvalue weighted by Gasteiger charge is -2.25. The van der Waals surface area contributed by atoms with Gasteiger partial charge in [0.15, 0.2) is 17.3 Å². The largest absolute Gasteiger partial charge is 0.487 e. The highest BCUT2D eigenvalue weighted by Crippen LogP contribution is 2.28. The van der Waals surface area contributed by atoms with E-state index in [1.807, 2.05) is 0 Å². The summed E-state index contributed by atoms with van der Waals surface area (Å²) in [5.74, 6) is -2.52. The van der Waals surface area contributed by atoms with Crippen LogP contribution >= 0.6 is 24.8 Å². The minimum absolute atomic E-state index is 0. The molecule has 1 aliphatic rings. The number of sulfonamides is 1. The van der Waals surface area contributed by atoms with Gasteiger partial charge in [-0.25, -0.2) is 12.8 Å². The molecule has 4 N–H and O–H groups in total. The molecule has 0 saturated carbocycles. The van der Waals surface area contributed by atoms with Crippen molar-refractivity contribution in [3.05, 3.63) is 65.5 Å². The molecule has 0 aliphatic carbocycles. The molecule has 0 amide bonds. The Morgan fingerprint density at radius 2 is 1.92 bits per heavy atom. The monoisotopic (exact) mass is 590 g/mol. The molecule has 0 bridgehead atoms. The number of ether oxygens (including phenoxy) is 2. The summed E-state index contributed by atoms with van der Waals surface area (Å²) < 4.78 is 52.7. The summed E-state index contributed by atoms with van der Waals surface area (Å²) in [6.45, 7) is 3.02. The Morgan fingerprint density at radius 1 is 1.21 bits per heavy atom. The lowest BCUT2D eigenvalue weighted by molar-refractivity contribution is -0.139. The first-order valence-corrected chi connectivity index (χ1v) is 13.2. The van der Waals surface area contributed by atoms with Crippen LogP contribution in [0.4, 0.5) is 10.1 Å². The molecular weight excluding hydrogens is 558 g/mol. The van der Waals surface area contributed by atoms with Crippen LogP contribution in [0.2, 0.25) is 0 Å². The second kappa shape index (κ2) is 15.5. The number of anilines is 1. The molecule has 3 rings (SSSR count).